The molecule has 0 fully saturated rings. The van der Waals surface area contributed by atoms with Gasteiger partial charge in [-0.3, -0.25) is 4.79 Å². The summed E-state index contributed by atoms with van der Waals surface area (Å²) in [6, 6.07) is 25.8. The second-order valence-electron chi connectivity index (χ2n) is 6.71. The van der Waals surface area contributed by atoms with Gasteiger partial charge in [0.25, 0.3) is 5.91 Å². The fourth-order valence-electron chi connectivity index (χ4n) is 3.00. The van der Waals surface area contributed by atoms with E-state index in [1.165, 1.54) is 12.0 Å². The van der Waals surface area contributed by atoms with Crippen molar-refractivity contribution in [2.75, 3.05) is 5.32 Å². The first-order valence-corrected chi connectivity index (χ1v) is 10.4. The van der Waals surface area contributed by atoms with Crippen molar-refractivity contribution in [2.45, 2.75) is 26.2 Å². The van der Waals surface area contributed by atoms with Crippen molar-refractivity contribution in [3.05, 3.63) is 100 Å². The standard InChI is InChI=1S/C25H24BrNO/c1-2-3-10-20-15-16-24(23(26)18-20)27-25(28)22(21-13-8-5-9-14-21)17-19-11-6-4-7-12-19/h4-9,11-18H,2-3,10H2,1H3,(H,27,28)/b22-17+. The normalized spacial score (nSPS) is 11.3. The van der Waals surface area contributed by atoms with E-state index in [1.807, 2.05) is 72.8 Å². The predicted octanol–water partition coefficient (Wildman–Crippen LogP) is 6.97. The van der Waals surface area contributed by atoms with E-state index in [2.05, 4.69) is 40.3 Å². The summed E-state index contributed by atoms with van der Waals surface area (Å²) in [5.41, 5.74) is 4.56. The molecule has 0 saturated carbocycles. The quantitative estimate of drug-likeness (QED) is 0.316. The minimum atomic E-state index is -0.128. The highest BCUT2D eigenvalue weighted by atomic mass is 79.9. The average Bonchev–Trinajstić information content (AvgIpc) is 2.73. The first-order valence-electron chi connectivity index (χ1n) is 9.59. The molecule has 0 aliphatic rings. The van der Waals surface area contributed by atoms with Gasteiger partial charge in [-0.2, -0.15) is 0 Å². The molecule has 0 saturated heterocycles. The van der Waals surface area contributed by atoms with Gasteiger partial charge in [0.1, 0.15) is 0 Å². The number of unbranched alkanes of at least 4 members (excludes halogenated alkanes) is 1. The van der Waals surface area contributed by atoms with Crippen molar-refractivity contribution in [1.82, 2.24) is 0 Å². The molecule has 3 aromatic rings. The summed E-state index contributed by atoms with van der Waals surface area (Å²) >= 11 is 3.61. The zero-order valence-corrected chi connectivity index (χ0v) is 17.6. The summed E-state index contributed by atoms with van der Waals surface area (Å²) in [6.45, 7) is 2.19. The van der Waals surface area contributed by atoms with Crippen LogP contribution in [0.15, 0.2) is 83.3 Å². The van der Waals surface area contributed by atoms with Crippen LogP contribution >= 0.6 is 15.9 Å². The monoisotopic (exact) mass is 433 g/mol. The molecule has 0 atom stereocenters. The highest BCUT2D eigenvalue weighted by Crippen LogP contribution is 2.27. The Morgan fingerprint density at radius 3 is 2.29 bits per heavy atom. The molecule has 0 bridgehead atoms. The Morgan fingerprint density at radius 1 is 0.964 bits per heavy atom. The Balaban J connectivity index is 1.87. The Kier molecular flexibility index (Phi) is 7.21. The van der Waals surface area contributed by atoms with Crippen molar-refractivity contribution in [3.63, 3.8) is 0 Å². The lowest BCUT2D eigenvalue weighted by atomic mass is 10.0. The zero-order chi connectivity index (χ0) is 19.8. The molecular weight excluding hydrogens is 410 g/mol. The van der Waals surface area contributed by atoms with E-state index in [0.717, 1.165) is 34.1 Å². The Bertz CT molecular complexity index is 949. The number of halogens is 1. The highest BCUT2D eigenvalue weighted by Gasteiger charge is 2.14. The van der Waals surface area contributed by atoms with Gasteiger partial charge in [-0.05, 0) is 63.7 Å². The maximum absolute atomic E-state index is 13.1. The summed E-state index contributed by atoms with van der Waals surface area (Å²) in [4.78, 5) is 13.1. The molecule has 1 amide bonds. The molecule has 1 N–H and O–H groups in total. The van der Waals surface area contributed by atoms with E-state index in [4.69, 9.17) is 0 Å². The predicted molar refractivity (Wildman–Crippen MR) is 122 cm³/mol. The van der Waals surface area contributed by atoms with Gasteiger partial charge in [-0.1, -0.05) is 80.1 Å². The lowest BCUT2D eigenvalue weighted by Gasteiger charge is -2.12. The van der Waals surface area contributed by atoms with Gasteiger partial charge in [0.15, 0.2) is 0 Å². The van der Waals surface area contributed by atoms with Gasteiger partial charge in [-0.25, -0.2) is 0 Å². The number of hydrogen-bond acceptors (Lipinski definition) is 1. The van der Waals surface area contributed by atoms with Gasteiger partial charge < -0.3 is 5.32 Å². The van der Waals surface area contributed by atoms with Crippen LogP contribution in [0.5, 0.6) is 0 Å². The number of benzene rings is 3. The van der Waals surface area contributed by atoms with Crippen molar-refractivity contribution in [1.29, 1.82) is 0 Å². The van der Waals surface area contributed by atoms with Crippen molar-refractivity contribution < 1.29 is 4.79 Å². The van der Waals surface area contributed by atoms with Crippen LogP contribution in [-0.4, -0.2) is 5.91 Å². The van der Waals surface area contributed by atoms with Gasteiger partial charge in [0, 0.05) is 10.0 Å². The molecule has 28 heavy (non-hydrogen) atoms. The van der Waals surface area contributed by atoms with E-state index in [9.17, 15) is 4.79 Å². The number of hydrogen-bond donors (Lipinski definition) is 1. The van der Waals surface area contributed by atoms with Crippen LogP contribution in [0.3, 0.4) is 0 Å². The number of anilines is 1. The van der Waals surface area contributed by atoms with Gasteiger partial charge in [0.05, 0.1) is 5.69 Å². The van der Waals surface area contributed by atoms with Crippen LogP contribution in [0, 0.1) is 0 Å². The second kappa shape index (κ2) is 10.0. The Morgan fingerprint density at radius 2 is 1.64 bits per heavy atom. The molecule has 0 aliphatic heterocycles. The number of aryl methyl sites for hydroxylation is 1. The van der Waals surface area contributed by atoms with Crippen molar-refractivity contribution in [2.24, 2.45) is 0 Å². The van der Waals surface area contributed by atoms with Crippen LogP contribution in [-0.2, 0) is 11.2 Å². The Hall–Kier alpha value is -2.65. The largest absolute Gasteiger partial charge is 0.321 e. The minimum Gasteiger partial charge on any atom is -0.321 e. The molecule has 3 heteroatoms. The molecule has 0 aromatic heterocycles. The lowest BCUT2D eigenvalue weighted by Crippen LogP contribution is -2.14. The van der Waals surface area contributed by atoms with Gasteiger partial charge in [-0.15, -0.1) is 0 Å². The molecule has 0 spiro atoms. The third-order valence-corrected chi connectivity index (χ3v) is 5.20. The van der Waals surface area contributed by atoms with E-state index in [-0.39, 0.29) is 5.91 Å². The molecule has 0 radical (unpaired) electrons. The van der Waals surface area contributed by atoms with E-state index in [1.54, 1.807) is 0 Å². The van der Waals surface area contributed by atoms with Crippen LogP contribution in [0.4, 0.5) is 5.69 Å². The summed E-state index contributed by atoms with van der Waals surface area (Å²) in [7, 11) is 0. The van der Waals surface area contributed by atoms with Crippen LogP contribution in [0.2, 0.25) is 0 Å². The second-order valence-corrected chi connectivity index (χ2v) is 7.56. The summed E-state index contributed by atoms with van der Waals surface area (Å²) in [5.74, 6) is -0.128. The maximum atomic E-state index is 13.1. The van der Waals surface area contributed by atoms with E-state index in [0.29, 0.717) is 5.57 Å². The van der Waals surface area contributed by atoms with Crippen molar-refractivity contribution >= 4 is 39.2 Å². The summed E-state index contributed by atoms with van der Waals surface area (Å²) in [5, 5.41) is 3.06. The van der Waals surface area contributed by atoms with Gasteiger partial charge >= 0.3 is 0 Å². The van der Waals surface area contributed by atoms with Crippen LogP contribution < -0.4 is 5.32 Å². The average molecular weight is 434 g/mol. The number of nitrogens with one attached hydrogen (secondary N) is 1. The molecule has 3 rings (SSSR count). The summed E-state index contributed by atoms with van der Waals surface area (Å²) in [6.07, 6.45) is 5.30. The molecular formula is C25H24BrNO. The molecule has 2 nitrogen and oxygen atoms in total. The fourth-order valence-corrected chi connectivity index (χ4v) is 3.52. The van der Waals surface area contributed by atoms with Crippen molar-refractivity contribution in [3.8, 4) is 0 Å². The zero-order valence-electron chi connectivity index (χ0n) is 16.0. The molecule has 142 valence electrons. The van der Waals surface area contributed by atoms with E-state index < -0.39 is 0 Å². The van der Waals surface area contributed by atoms with Crippen LogP contribution in [0.25, 0.3) is 11.6 Å². The SMILES string of the molecule is CCCCc1ccc(NC(=O)/C(=C/c2ccccc2)c2ccccc2)c(Br)c1. The number of amides is 1. The lowest BCUT2D eigenvalue weighted by molar-refractivity contribution is -0.111. The number of carbonyl (C=O) groups is 1. The fraction of sp³-hybridized carbons (Fsp3) is 0.160. The van der Waals surface area contributed by atoms with Crippen LogP contribution in [0.1, 0.15) is 36.5 Å². The first kappa shape index (κ1) is 20.1. The molecule has 3 aromatic carbocycles. The maximum Gasteiger partial charge on any atom is 0.256 e. The van der Waals surface area contributed by atoms with Gasteiger partial charge in [0.2, 0.25) is 0 Å². The third kappa shape index (κ3) is 5.43. The topological polar surface area (TPSA) is 29.1 Å². The smallest absolute Gasteiger partial charge is 0.256 e. The summed E-state index contributed by atoms with van der Waals surface area (Å²) < 4.78 is 0.904. The molecule has 0 aliphatic carbocycles. The van der Waals surface area contributed by atoms with E-state index >= 15 is 0 Å². The number of rotatable bonds is 7. The highest BCUT2D eigenvalue weighted by molar-refractivity contribution is 9.10. The minimum absolute atomic E-state index is 0.128. The number of carbonyl (C=O) groups excluding carboxylic acids is 1. The molecule has 0 unspecified atom stereocenters. The molecule has 0 heterocycles. The first-order chi connectivity index (χ1) is 13.7. The Labute approximate surface area is 175 Å². The third-order valence-electron chi connectivity index (χ3n) is 4.54.